The maximum absolute atomic E-state index is 4.11. The summed E-state index contributed by atoms with van der Waals surface area (Å²) in [7, 11) is 4.56. The van der Waals surface area contributed by atoms with Crippen LogP contribution in [0.5, 0.6) is 0 Å². The predicted octanol–water partition coefficient (Wildman–Crippen LogP) is -0.678. The normalized spacial score (nSPS) is 37.2. The summed E-state index contributed by atoms with van der Waals surface area (Å²) in [6.45, 7) is 3.47. The monoisotopic (exact) mass is 172 g/mol. The Balaban J connectivity index is 2.57. The van der Waals surface area contributed by atoms with Gasteiger partial charge in [-0.15, -0.1) is 0 Å². The molecule has 1 rings (SSSR count). The van der Waals surface area contributed by atoms with Crippen LogP contribution in [-0.2, 0) is 0 Å². The van der Waals surface area contributed by atoms with Crippen molar-refractivity contribution < 1.29 is 10.6 Å². The number of hydrogen-bond acceptors (Lipinski definition) is 0. The van der Waals surface area contributed by atoms with E-state index in [1.165, 1.54) is 25.7 Å². The van der Waals surface area contributed by atoms with Crippen LogP contribution in [0.4, 0.5) is 0 Å². The molecule has 0 bridgehead atoms. The highest BCUT2D eigenvalue weighted by molar-refractivity contribution is 4.83. The molecule has 72 valence electrons. The first-order valence-electron chi connectivity index (χ1n) is 5.20. The highest BCUT2D eigenvalue weighted by Gasteiger charge is 2.40. The largest absolute Gasteiger partial charge is 0.352 e. The van der Waals surface area contributed by atoms with Crippen molar-refractivity contribution in [3.63, 3.8) is 0 Å². The molecule has 0 aromatic heterocycles. The lowest BCUT2D eigenvalue weighted by Crippen LogP contribution is -3.17. The van der Waals surface area contributed by atoms with E-state index >= 15 is 0 Å². The molecule has 0 unspecified atom stereocenters. The van der Waals surface area contributed by atoms with Gasteiger partial charge in [-0.1, -0.05) is 6.92 Å². The van der Waals surface area contributed by atoms with Crippen molar-refractivity contribution in [2.24, 2.45) is 5.92 Å². The molecular formula is C10H24N2+2. The quantitative estimate of drug-likeness (QED) is 0.553. The Morgan fingerprint density at radius 2 is 1.83 bits per heavy atom. The Labute approximate surface area is 76.1 Å². The van der Waals surface area contributed by atoms with E-state index < -0.39 is 0 Å². The van der Waals surface area contributed by atoms with Gasteiger partial charge < -0.3 is 10.6 Å². The van der Waals surface area contributed by atoms with E-state index in [4.69, 9.17) is 0 Å². The van der Waals surface area contributed by atoms with Crippen molar-refractivity contribution in [3.8, 4) is 0 Å². The minimum absolute atomic E-state index is 0.506. The molecule has 2 nitrogen and oxygen atoms in total. The smallest absolute Gasteiger partial charge is 0.146 e. The van der Waals surface area contributed by atoms with Gasteiger partial charge in [-0.25, -0.2) is 0 Å². The van der Waals surface area contributed by atoms with Crippen LogP contribution in [-0.4, -0.2) is 26.2 Å². The molecule has 4 N–H and O–H groups in total. The molecule has 12 heavy (non-hydrogen) atoms. The predicted molar refractivity (Wildman–Crippen MR) is 50.9 cm³/mol. The lowest BCUT2D eigenvalue weighted by molar-refractivity contribution is -0.925. The molecule has 0 saturated heterocycles. The fraction of sp³-hybridized carbons (Fsp3) is 1.00. The summed E-state index contributed by atoms with van der Waals surface area (Å²) in [5.74, 6) is 0.948. The molecule has 0 aromatic carbocycles. The molecule has 0 amide bonds. The summed E-state index contributed by atoms with van der Waals surface area (Å²) in [6, 6.07) is 0. The summed E-state index contributed by atoms with van der Waals surface area (Å²) >= 11 is 0. The number of hydrogen-bond donors (Lipinski definition) is 2. The van der Waals surface area contributed by atoms with Gasteiger partial charge >= 0.3 is 0 Å². The lowest BCUT2D eigenvalue weighted by atomic mass is 9.76. The number of quaternary nitrogens is 2. The lowest BCUT2D eigenvalue weighted by Gasteiger charge is -2.38. The molecule has 1 aliphatic carbocycles. The summed E-state index contributed by atoms with van der Waals surface area (Å²) in [4.78, 5) is 1.60. The number of likely N-dealkylation sites (N-methyl/N-ethyl adjacent to an activating group) is 1. The third-order valence-electron chi connectivity index (χ3n) is 3.77. The SMILES string of the molecule is CC1CCC(C[NH3+])([NH+](C)C)CC1. The average Bonchev–Trinajstić information content (AvgIpc) is 2.06. The van der Waals surface area contributed by atoms with Gasteiger partial charge in [-0.05, 0) is 18.8 Å². The van der Waals surface area contributed by atoms with E-state index in [0.717, 1.165) is 12.5 Å². The molecular weight excluding hydrogens is 148 g/mol. The fourth-order valence-electron chi connectivity index (χ4n) is 2.31. The van der Waals surface area contributed by atoms with Crippen LogP contribution >= 0.6 is 0 Å². The standard InChI is InChI=1S/C10H22N2/c1-9-4-6-10(8-11,7-5-9)12(2)3/h9H,4-8,11H2,1-3H3/p+2. The molecule has 1 saturated carbocycles. The Morgan fingerprint density at radius 1 is 1.33 bits per heavy atom. The number of rotatable bonds is 2. The van der Waals surface area contributed by atoms with Crippen LogP contribution in [0.2, 0.25) is 0 Å². The van der Waals surface area contributed by atoms with Gasteiger partial charge in [-0.2, -0.15) is 0 Å². The molecule has 0 spiro atoms. The van der Waals surface area contributed by atoms with Crippen LogP contribution in [0.1, 0.15) is 32.6 Å². The number of nitrogens with one attached hydrogen (secondary N) is 1. The second kappa shape index (κ2) is 3.75. The molecule has 0 aliphatic heterocycles. The first-order valence-corrected chi connectivity index (χ1v) is 5.20. The Morgan fingerprint density at radius 3 is 2.17 bits per heavy atom. The van der Waals surface area contributed by atoms with E-state index in [9.17, 15) is 0 Å². The average molecular weight is 172 g/mol. The maximum atomic E-state index is 4.11. The molecule has 1 aliphatic rings. The minimum Gasteiger partial charge on any atom is -0.352 e. The second-order valence-corrected chi connectivity index (χ2v) is 4.71. The van der Waals surface area contributed by atoms with Crippen LogP contribution in [0, 0.1) is 5.92 Å². The first kappa shape index (κ1) is 10.0. The van der Waals surface area contributed by atoms with Gasteiger partial charge in [0.1, 0.15) is 12.1 Å². The van der Waals surface area contributed by atoms with Crippen molar-refractivity contribution >= 4 is 0 Å². The van der Waals surface area contributed by atoms with E-state index in [-0.39, 0.29) is 0 Å². The minimum atomic E-state index is 0.506. The zero-order chi connectivity index (χ0) is 9.19. The second-order valence-electron chi connectivity index (χ2n) is 4.71. The summed E-state index contributed by atoms with van der Waals surface area (Å²) in [6.07, 6.45) is 5.56. The third-order valence-corrected chi connectivity index (χ3v) is 3.77. The van der Waals surface area contributed by atoms with Crippen molar-refractivity contribution in [2.75, 3.05) is 20.6 Å². The summed E-state index contributed by atoms with van der Waals surface area (Å²) < 4.78 is 0. The van der Waals surface area contributed by atoms with Crippen molar-refractivity contribution in [3.05, 3.63) is 0 Å². The van der Waals surface area contributed by atoms with E-state index in [1.54, 1.807) is 4.90 Å². The summed E-state index contributed by atoms with van der Waals surface area (Å²) in [5.41, 5.74) is 4.61. The topological polar surface area (TPSA) is 32.1 Å². The zero-order valence-corrected chi connectivity index (χ0v) is 8.82. The van der Waals surface area contributed by atoms with Gasteiger partial charge in [-0.3, -0.25) is 0 Å². The highest BCUT2D eigenvalue weighted by atomic mass is 15.2. The molecule has 2 heteroatoms. The molecule has 1 fully saturated rings. The Hall–Kier alpha value is -0.0800. The van der Waals surface area contributed by atoms with Crippen LogP contribution in [0.15, 0.2) is 0 Å². The molecule has 0 radical (unpaired) electrons. The van der Waals surface area contributed by atoms with Gasteiger partial charge in [0.2, 0.25) is 0 Å². The maximum Gasteiger partial charge on any atom is 0.146 e. The van der Waals surface area contributed by atoms with Crippen LogP contribution in [0.3, 0.4) is 0 Å². The van der Waals surface area contributed by atoms with E-state index in [1.807, 2.05) is 0 Å². The van der Waals surface area contributed by atoms with Crippen molar-refractivity contribution in [2.45, 2.75) is 38.1 Å². The summed E-state index contributed by atoms with van der Waals surface area (Å²) in [5, 5.41) is 0. The van der Waals surface area contributed by atoms with Crippen LogP contribution in [0.25, 0.3) is 0 Å². The van der Waals surface area contributed by atoms with Crippen molar-refractivity contribution in [1.29, 1.82) is 0 Å². The molecule has 0 heterocycles. The van der Waals surface area contributed by atoms with Gasteiger partial charge in [0.25, 0.3) is 0 Å². The van der Waals surface area contributed by atoms with Gasteiger partial charge in [0.15, 0.2) is 0 Å². The van der Waals surface area contributed by atoms with E-state index in [0.29, 0.717) is 5.54 Å². The fourth-order valence-corrected chi connectivity index (χ4v) is 2.31. The van der Waals surface area contributed by atoms with Crippen LogP contribution < -0.4 is 10.6 Å². The zero-order valence-electron chi connectivity index (χ0n) is 8.82. The van der Waals surface area contributed by atoms with Crippen molar-refractivity contribution in [1.82, 2.24) is 0 Å². The third kappa shape index (κ3) is 1.80. The highest BCUT2D eigenvalue weighted by Crippen LogP contribution is 2.28. The Bertz CT molecular complexity index is 135. The van der Waals surface area contributed by atoms with E-state index in [2.05, 4.69) is 26.8 Å². The Kier molecular flexibility index (Phi) is 3.13. The van der Waals surface area contributed by atoms with Gasteiger partial charge in [0, 0.05) is 12.8 Å². The molecule has 0 aromatic rings. The van der Waals surface area contributed by atoms with Gasteiger partial charge in [0.05, 0.1) is 14.1 Å². The molecule has 0 atom stereocenters. The first-order chi connectivity index (χ1) is 5.60.